The van der Waals surface area contributed by atoms with Gasteiger partial charge in [0.1, 0.15) is 5.00 Å². The van der Waals surface area contributed by atoms with E-state index in [0.717, 1.165) is 35.8 Å². The van der Waals surface area contributed by atoms with E-state index in [0.29, 0.717) is 22.8 Å². The van der Waals surface area contributed by atoms with Crippen LogP contribution in [0.3, 0.4) is 0 Å². The third-order valence-corrected chi connectivity index (χ3v) is 5.27. The maximum atomic E-state index is 11.8. The van der Waals surface area contributed by atoms with Crippen LogP contribution in [0, 0.1) is 6.92 Å². The number of esters is 1. The molecule has 2 heterocycles. The predicted octanol–water partition coefficient (Wildman–Crippen LogP) is 3.00. The molecule has 1 aromatic heterocycles. The number of thiophene rings is 1. The summed E-state index contributed by atoms with van der Waals surface area (Å²) in [5.41, 5.74) is 0.536. The third kappa shape index (κ3) is 4.89. The van der Waals surface area contributed by atoms with Gasteiger partial charge in [0.15, 0.2) is 5.11 Å². The maximum absolute atomic E-state index is 11.8. The molecule has 5 nitrogen and oxygen atoms in total. The standard InChI is InChI=1S/C16H25N3O2S2/c1-10(2)19-7-5-12(6-8-19)17-16(22)18-14-13(15(20)21-4)9-11(3)23-14/h9-10,12H,5-8H2,1-4H3,(H2,17,18,22). The quantitative estimate of drug-likeness (QED) is 0.640. The molecule has 0 spiro atoms. The second-order valence-electron chi connectivity index (χ2n) is 6.09. The Hall–Kier alpha value is -1.18. The molecule has 0 amide bonds. The van der Waals surface area contributed by atoms with Gasteiger partial charge in [0.2, 0.25) is 0 Å². The highest BCUT2D eigenvalue weighted by atomic mass is 32.1. The molecule has 7 heteroatoms. The first kappa shape index (κ1) is 18.2. The molecule has 0 radical (unpaired) electrons. The molecular weight excluding hydrogens is 330 g/mol. The lowest BCUT2D eigenvalue weighted by molar-refractivity contribution is 0.0602. The van der Waals surface area contributed by atoms with Crippen LogP contribution >= 0.6 is 23.6 Å². The fourth-order valence-corrected chi connectivity index (χ4v) is 3.99. The zero-order valence-corrected chi connectivity index (χ0v) is 15.8. The smallest absolute Gasteiger partial charge is 0.340 e. The number of hydrogen-bond acceptors (Lipinski definition) is 5. The minimum Gasteiger partial charge on any atom is -0.465 e. The summed E-state index contributed by atoms with van der Waals surface area (Å²) in [5, 5.41) is 7.83. The number of ether oxygens (including phenoxy) is 1. The Morgan fingerprint density at radius 1 is 1.43 bits per heavy atom. The number of methoxy groups -OCH3 is 1. The molecule has 0 saturated carbocycles. The number of aryl methyl sites for hydroxylation is 1. The number of thiocarbonyl (C=S) groups is 1. The van der Waals surface area contributed by atoms with E-state index in [1.54, 1.807) is 0 Å². The minimum atomic E-state index is -0.343. The second kappa shape index (κ2) is 8.08. The van der Waals surface area contributed by atoms with Gasteiger partial charge >= 0.3 is 5.97 Å². The largest absolute Gasteiger partial charge is 0.465 e. The number of anilines is 1. The van der Waals surface area contributed by atoms with Crippen LogP contribution in [0.2, 0.25) is 0 Å². The fraction of sp³-hybridized carbons (Fsp3) is 0.625. The van der Waals surface area contributed by atoms with Crippen molar-refractivity contribution in [1.29, 1.82) is 0 Å². The summed E-state index contributed by atoms with van der Waals surface area (Å²) in [7, 11) is 1.39. The van der Waals surface area contributed by atoms with Crippen LogP contribution in [0.15, 0.2) is 6.07 Å². The summed E-state index contributed by atoms with van der Waals surface area (Å²) in [6, 6.07) is 2.80. The van der Waals surface area contributed by atoms with Crippen LogP contribution in [-0.4, -0.2) is 48.3 Å². The lowest BCUT2D eigenvalue weighted by Crippen LogP contribution is -2.47. The van der Waals surface area contributed by atoms with Crippen molar-refractivity contribution in [3.05, 3.63) is 16.5 Å². The van der Waals surface area contributed by atoms with Gasteiger partial charge in [-0.3, -0.25) is 0 Å². The molecule has 0 unspecified atom stereocenters. The number of rotatable bonds is 4. The van der Waals surface area contributed by atoms with Crippen molar-refractivity contribution in [3.8, 4) is 0 Å². The van der Waals surface area contributed by atoms with Crippen molar-refractivity contribution >= 4 is 39.6 Å². The van der Waals surface area contributed by atoms with Crippen molar-refractivity contribution in [2.75, 3.05) is 25.5 Å². The number of carbonyl (C=O) groups excluding carboxylic acids is 1. The second-order valence-corrected chi connectivity index (χ2v) is 7.76. The van der Waals surface area contributed by atoms with Gasteiger partial charge in [-0.2, -0.15) is 0 Å². The molecule has 1 aliphatic rings. The lowest BCUT2D eigenvalue weighted by atomic mass is 10.0. The summed E-state index contributed by atoms with van der Waals surface area (Å²) >= 11 is 6.91. The van der Waals surface area contributed by atoms with Gasteiger partial charge in [0.05, 0.1) is 12.7 Å². The number of nitrogens with one attached hydrogen (secondary N) is 2. The van der Waals surface area contributed by atoms with Crippen LogP contribution < -0.4 is 10.6 Å². The first-order chi connectivity index (χ1) is 10.9. The van der Waals surface area contributed by atoms with Crippen molar-refractivity contribution in [3.63, 3.8) is 0 Å². The summed E-state index contributed by atoms with van der Waals surface area (Å²) in [5.74, 6) is -0.343. The molecular formula is C16H25N3O2S2. The predicted molar refractivity (Wildman–Crippen MR) is 99.5 cm³/mol. The molecule has 1 aromatic rings. The van der Waals surface area contributed by atoms with E-state index in [9.17, 15) is 4.79 Å². The Kier molecular flexibility index (Phi) is 6.38. The summed E-state index contributed by atoms with van der Waals surface area (Å²) in [4.78, 5) is 15.3. The number of nitrogens with zero attached hydrogens (tertiary/aromatic N) is 1. The van der Waals surface area contributed by atoms with E-state index in [1.807, 2.05) is 13.0 Å². The van der Waals surface area contributed by atoms with E-state index >= 15 is 0 Å². The Bertz CT molecular complexity index is 564. The maximum Gasteiger partial charge on any atom is 0.340 e. The van der Waals surface area contributed by atoms with Gasteiger partial charge in [0.25, 0.3) is 0 Å². The summed E-state index contributed by atoms with van der Waals surface area (Å²) < 4.78 is 4.81. The molecule has 0 aromatic carbocycles. The highest BCUT2D eigenvalue weighted by Gasteiger charge is 2.22. The molecule has 0 atom stereocenters. The first-order valence-corrected chi connectivity index (χ1v) is 9.13. The Morgan fingerprint density at radius 2 is 2.09 bits per heavy atom. The molecule has 128 valence electrons. The molecule has 2 N–H and O–H groups in total. The van der Waals surface area contributed by atoms with Crippen LogP contribution in [0.4, 0.5) is 5.00 Å². The van der Waals surface area contributed by atoms with Crippen LogP contribution in [0.5, 0.6) is 0 Å². The Morgan fingerprint density at radius 3 is 2.65 bits per heavy atom. The normalized spacial score (nSPS) is 16.4. The number of piperidine rings is 1. The van der Waals surface area contributed by atoms with Gasteiger partial charge in [-0.1, -0.05) is 0 Å². The topological polar surface area (TPSA) is 53.6 Å². The molecule has 23 heavy (non-hydrogen) atoms. The van der Waals surface area contributed by atoms with E-state index < -0.39 is 0 Å². The minimum absolute atomic E-state index is 0.343. The average molecular weight is 356 g/mol. The van der Waals surface area contributed by atoms with Gasteiger partial charge in [-0.25, -0.2) is 4.79 Å². The van der Waals surface area contributed by atoms with Crippen molar-refractivity contribution in [1.82, 2.24) is 10.2 Å². The highest BCUT2D eigenvalue weighted by molar-refractivity contribution is 7.80. The average Bonchev–Trinajstić information content (AvgIpc) is 2.87. The van der Waals surface area contributed by atoms with Crippen molar-refractivity contribution < 1.29 is 9.53 Å². The SMILES string of the molecule is COC(=O)c1cc(C)sc1NC(=S)NC1CCN(C(C)C)CC1. The molecule has 1 saturated heterocycles. The number of carbonyl (C=O) groups is 1. The highest BCUT2D eigenvalue weighted by Crippen LogP contribution is 2.28. The van der Waals surface area contributed by atoms with Gasteiger partial charge in [0, 0.05) is 30.1 Å². The summed E-state index contributed by atoms with van der Waals surface area (Å²) in [6.45, 7) is 8.59. The molecule has 2 rings (SSSR count). The third-order valence-electron chi connectivity index (χ3n) is 4.08. The van der Waals surface area contributed by atoms with Crippen LogP contribution in [-0.2, 0) is 4.74 Å². The number of likely N-dealkylation sites (tertiary alicyclic amines) is 1. The van der Waals surface area contributed by atoms with Crippen LogP contribution in [0.25, 0.3) is 0 Å². The Balaban J connectivity index is 1.90. The van der Waals surface area contributed by atoms with Crippen LogP contribution in [0.1, 0.15) is 41.9 Å². The molecule has 1 fully saturated rings. The van der Waals surface area contributed by atoms with Gasteiger partial charge in [-0.15, -0.1) is 11.3 Å². The van der Waals surface area contributed by atoms with Crippen molar-refractivity contribution in [2.24, 2.45) is 0 Å². The van der Waals surface area contributed by atoms with E-state index in [4.69, 9.17) is 17.0 Å². The molecule has 1 aliphatic heterocycles. The molecule has 0 aliphatic carbocycles. The molecule has 0 bridgehead atoms. The van der Waals surface area contributed by atoms with E-state index in [1.165, 1.54) is 18.4 Å². The monoisotopic (exact) mass is 355 g/mol. The fourth-order valence-electron chi connectivity index (χ4n) is 2.75. The first-order valence-electron chi connectivity index (χ1n) is 7.91. The zero-order valence-electron chi connectivity index (χ0n) is 14.1. The lowest BCUT2D eigenvalue weighted by Gasteiger charge is -2.35. The van der Waals surface area contributed by atoms with Gasteiger partial charge in [-0.05, 0) is 51.9 Å². The zero-order chi connectivity index (χ0) is 17.0. The van der Waals surface area contributed by atoms with E-state index in [2.05, 4.69) is 29.4 Å². The van der Waals surface area contributed by atoms with Gasteiger partial charge < -0.3 is 20.3 Å². The van der Waals surface area contributed by atoms with Crippen molar-refractivity contribution in [2.45, 2.75) is 45.7 Å². The summed E-state index contributed by atoms with van der Waals surface area (Å²) in [6.07, 6.45) is 2.15. The van der Waals surface area contributed by atoms with E-state index in [-0.39, 0.29) is 5.97 Å². The Labute approximate surface area is 147 Å². The number of hydrogen-bond donors (Lipinski definition) is 2.